The van der Waals surface area contributed by atoms with Crippen LogP contribution in [-0.2, 0) is 0 Å². The molecule has 0 fully saturated rings. The van der Waals surface area contributed by atoms with Gasteiger partial charge in [-0.2, -0.15) is 0 Å². The van der Waals surface area contributed by atoms with E-state index >= 15 is 0 Å². The van der Waals surface area contributed by atoms with Gasteiger partial charge in [0.25, 0.3) is 0 Å². The fraction of sp³-hybridized carbons (Fsp3) is 0.176. The molecule has 9 heteroatoms. The van der Waals surface area contributed by atoms with Crippen molar-refractivity contribution in [2.24, 2.45) is 5.73 Å². The number of anilines is 2. The Balaban J connectivity index is 2.27. The minimum Gasteiger partial charge on any atom is -0.495 e. The van der Waals surface area contributed by atoms with Crippen molar-refractivity contribution in [1.82, 2.24) is 0 Å². The van der Waals surface area contributed by atoms with Gasteiger partial charge in [-0.3, -0.25) is 4.79 Å². The van der Waals surface area contributed by atoms with E-state index in [1.807, 2.05) is 0 Å². The highest BCUT2D eigenvalue weighted by atomic mass is 35.5. The van der Waals surface area contributed by atoms with Crippen molar-refractivity contribution < 1.29 is 19.1 Å². The maximum atomic E-state index is 12.5. The van der Waals surface area contributed by atoms with Crippen LogP contribution in [0.5, 0.6) is 11.5 Å². The third kappa shape index (κ3) is 4.14. The molecule has 138 valence electrons. The molecule has 0 atom stereocenters. The van der Waals surface area contributed by atoms with E-state index in [4.69, 9.17) is 26.8 Å². The van der Waals surface area contributed by atoms with E-state index in [1.165, 1.54) is 26.4 Å². The highest BCUT2D eigenvalue weighted by molar-refractivity contribution is 7.82. The Labute approximate surface area is 161 Å². The Morgan fingerprint density at radius 2 is 1.81 bits per heavy atom. The summed E-state index contributed by atoms with van der Waals surface area (Å²) in [6.45, 7) is 1.74. The largest absolute Gasteiger partial charge is 0.495 e. The number of urea groups is 1. The van der Waals surface area contributed by atoms with Crippen LogP contribution in [0.1, 0.15) is 15.9 Å². The topological polar surface area (TPSA) is 93.9 Å². The summed E-state index contributed by atoms with van der Waals surface area (Å²) < 4.78 is 11.5. The number of methoxy groups -OCH3 is 2. The van der Waals surface area contributed by atoms with Crippen LogP contribution in [0.2, 0.25) is 5.02 Å². The summed E-state index contributed by atoms with van der Waals surface area (Å²) in [7, 11) is 2.94. The Morgan fingerprint density at radius 1 is 1.15 bits per heavy atom. The highest BCUT2D eigenvalue weighted by Crippen LogP contribution is 2.36. The smallest absolute Gasteiger partial charge is 0.336 e. The number of ether oxygens (including phenoxy) is 2. The van der Waals surface area contributed by atoms with E-state index < -0.39 is 11.9 Å². The zero-order chi connectivity index (χ0) is 19.4. The van der Waals surface area contributed by atoms with Gasteiger partial charge in [0.1, 0.15) is 11.5 Å². The normalized spacial score (nSPS) is 10.2. The second-order valence-electron chi connectivity index (χ2n) is 5.29. The summed E-state index contributed by atoms with van der Waals surface area (Å²) in [5, 5.41) is 2.99. The number of nitrogens with one attached hydrogen (secondary N) is 1. The first kappa shape index (κ1) is 19.7. The van der Waals surface area contributed by atoms with Gasteiger partial charge in [-0.25, -0.2) is 9.10 Å². The van der Waals surface area contributed by atoms with E-state index in [0.717, 1.165) is 4.31 Å². The van der Waals surface area contributed by atoms with Crippen molar-refractivity contribution in [3.8, 4) is 11.5 Å². The molecular weight excluding hydrogens is 378 g/mol. The fourth-order valence-electron chi connectivity index (χ4n) is 2.28. The molecule has 0 spiro atoms. The Bertz CT molecular complexity index is 860. The first-order chi connectivity index (χ1) is 12.3. The van der Waals surface area contributed by atoms with Crippen molar-refractivity contribution >= 4 is 47.7 Å². The molecule has 2 rings (SSSR count). The predicted molar refractivity (Wildman–Crippen MR) is 105 cm³/mol. The van der Waals surface area contributed by atoms with Crippen molar-refractivity contribution in [1.29, 1.82) is 0 Å². The van der Waals surface area contributed by atoms with Crippen LogP contribution in [0.3, 0.4) is 0 Å². The van der Waals surface area contributed by atoms with Crippen LogP contribution >= 0.6 is 24.4 Å². The number of primary amides is 1. The Hall–Kier alpha value is -2.58. The van der Waals surface area contributed by atoms with Gasteiger partial charge in [0.05, 0.1) is 30.6 Å². The quantitative estimate of drug-likeness (QED) is 0.673. The number of nitrogens with zero attached hydrogens (tertiary/aromatic N) is 1. The van der Waals surface area contributed by atoms with E-state index in [2.05, 4.69) is 18.1 Å². The summed E-state index contributed by atoms with van der Waals surface area (Å²) >= 11 is 10.3. The second kappa shape index (κ2) is 8.20. The highest BCUT2D eigenvalue weighted by Gasteiger charge is 2.18. The maximum absolute atomic E-state index is 12.5. The zero-order valence-corrected chi connectivity index (χ0v) is 16.0. The minimum atomic E-state index is -0.549. The van der Waals surface area contributed by atoms with Crippen molar-refractivity contribution in [3.05, 3.63) is 46.5 Å². The zero-order valence-electron chi connectivity index (χ0n) is 14.4. The molecule has 0 heterocycles. The van der Waals surface area contributed by atoms with E-state index in [0.29, 0.717) is 39.0 Å². The number of carbonyl (C=O) groups is 2. The SMILES string of the molecule is COc1cc(OC)c(NC(=O)N(S)c2ccc(C(N)=O)cc2C)cc1Cl. The van der Waals surface area contributed by atoms with Gasteiger partial charge in [0.2, 0.25) is 5.91 Å². The number of hydrogen-bond donors (Lipinski definition) is 3. The standard InChI is InChI=1S/C17H18ClN3O4S/c1-9-6-10(16(19)22)4-5-13(9)21(26)17(23)20-12-7-11(18)14(24-2)8-15(12)25-3/h4-8,26H,1-3H3,(H2,19,22)(H,20,23). The van der Waals surface area contributed by atoms with Gasteiger partial charge < -0.3 is 20.5 Å². The molecule has 0 saturated heterocycles. The Kier molecular flexibility index (Phi) is 6.23. The lowest BCUT2D eigenvalue weighted by Crippen LogP contribution is -2.27. The number of aryl methyl sites for hydroxylation is 1. The molecule has 0 saturated carbocycles. The molecular formula is C17H18ClN3O4S. The van der Waals surface area contributed by atoms with Crippen LogP contribution in [0.25, 0.3) is 0 Å². The van der Waals surface area contributed by atoms with E-state index in [9.17, 15) is 9.59 Å². The number of thiol groups is 1. The van der Waals surface area contributed by atoms with Gasteiger partial charge in [0.15, 0.2) is 0 Å². The van der Waals surface area contributed by atoms with Gasteiger partial charge in [-0.05, 0) is 36.8 Å². The van der Waals surface area contributed by atoms with Crippen molar-refractivity contribution in [2.75, 3.05) is 23.8 Å². The molecule has 0 unspecified atom stereocenters. The molecule has 3 amide bonds. The van der Waals surface area contributed by atoms with E-state index in [-0.39, 0.29) is 0 Å². The first-order valence-corrected chi connectivity index (χ1v) is 8.18. The number of halogens is 1. The molecule has 0 aliphatic heterocycles. The molecule has 26 heavy (non-hydrogen) atoms. The minimum absolute atomic E-state index is 0.316. The number of hydrogen-bond acceptors (Lipinski definition) is 5. The number of nitrogens with two attached hydrogens (primary N) is 1. The molecule has 7 nitrogen and oxygen atoms in total. The summed E-state index contributed by atoms with van der Waals surface area (Å²) in [5.41, 5.74) is 7.11. The fourth-order valence-corrected chi connectivity index (χ4v) is 2.80. The van der Waals surface area contributed by atoms with Gasteiger partial charge in [0, 0.05) is 11.6 Å². The average molecular weight is 396 g/mol. The third-order valence-corrected chi connectivity index (χ3v) is 4.31. The number of carbonyl (C=O) groups excluding carboxylic acids is 2. The lowest BCUT2D eigenvalue weighted by Gasteiger charge is -2.20. The van der Waals surface area contributed by atoms with Crippen LogP contribution in [0.4, 0.5) is 16.2 Å². The first-order valence-electron chi connectivity index (χ1n) is 7.40. The molecule has 0 aliphatic rings. The van der Waals surface area contributed by atoms with Gasteiger partial charge in [-0.1, -0.05) is 24.4 Å². The molecule has 0 radical (unpaired) electrons. The van der Waals surface area contributed by atoms with Crippen molar-refractivity contribution in [3.63, 3.8) is 0 Å². The molecule has 2 aromatic carbocycles. The number of rotatable bonds is 5. The molecule has 0 bridgehead atoms. The molecule has 3 N–H and O–H groups in total. The summed E-state index contributed by atoms with van der Waals surface area (Å²) in [6, 6.07) is 7.23. The maximum Gasteiger partial charge on any atom is 0.336 e. The summed E-state index contributed by atoms with van der Waals surface area (Å²) in [5.74, 6) is 0.247. The van der Waals surface area contributed by atoms with Gasteiger partial charge in [-0.15, -0.1) is 0 Å². The van der Waals surface area contributed by atoms with Crippen molar-refractivity contribution in [2.45, 2.75) is 6.92 Å². The lowest BCUT2D eigenvalue weighted by molar-refractivity contribution is 0.1000. The third-order valence-electron chi connectivity index (χ3n) is 3.62. The number of benzene rings is 2. The molecule has 0 aromatic heterocycles. The average Bonchev–Trinajstić information content (AvgIpc) is 2.61. The summed E-state index contributed by atoms with van der Waals surface area (Å²) in [6.07, 6.45) is 0. The number of amides is 3. The van der Waals surface area contributed by atoms with Crippen LogP contribution < -0.4 is 24.8 Å². The molecule has 0 aliphatic carbocycles. The second-order valence-corrected chi connectivity index (χ2v) is 6.10. The lowest BCUT2D eigenvalue weighted by atomic mass is 10.1. The predicted octanol–water partition coefficient (Wildman–Crippen LogP) is 3.65. The molecule has 2 aromatic rings. The Morgan fingerprint density at radius 3 is 2.35 bits per heavy atom. The van der Waals surface area contributed by atoms with Crippen LogP contribution in [-0.4, -0.2) is 26.2 Å². The summed E-state index contributed by atoms with van der Waals surface area (Å²) in [4.78, 5) is 23.8. The van der Waals surface area contributed by atoms with E-state index in [1.54, 1.807) is 25.1 Å². The van der Waals surface area contributed by atoms with Crippen LogP contribution in [0, 0.1) is 6.92 Å². The van der Waals surface area contributed by atoms with Crippen LogP contribution in [0.15, 0.2) is 30.3 Å². The van der Waals surface area contributed by atoms with Gasteiger partial charge >= 0.3 is 6.03 Å². The monoisotopic (exact) mass is 395 g/mol.